The van der Waals surface area contributed by atoms with Crippen LogP contribution >= 0.6 is 0 Å². The number of alkyl halides is 3. The molecular weight excluding hydrogens is 263 g/mol. The zero-order valence-corrected chi connectivity index (χ0v) is 9.96. The molecule has 0 atom stereocenters. The lowest BCUT2D eigenvalue weighted by molar-refractivity contribution is -0.168. The van der Waals surface area contributed by atoms with Gasteiger partial charge in [0.2, 0.25) is 5.95 Å². The molecule has 2 aliphatic rings. The molecule has 8 heteroatoms. The molecule has 1 saturated heterocycles. The van der Waals surface area contributed by atoms with Crippen LogP contribution in [0.5, 0.6) is 0 Å². The van der Waals surface area contributed by atoms with Gasteiger partial charge >= 0.3 is 6.18 Å². The molecule has 104 valence electrons. The van der Waals surface area contributed by atoms with Crippen molar-refractivity contribution in [2.24, 2.45) is 0 Å². The van der Waals surface area contributed by atoms with Crippen molar-refractivity contribution in [1.82, 2.24) is 9.97 Å². The van der Waals surface area contributed by atoms with E-state index in [0.717, 1.165) is 0 Å². The van der Waals surface area contributed by atoms with E-state index in [-0.39, 0.29) is 17.9 Å². The Bertz CT molecular complexity index is 513. The Balaban J connectivity index is 2.07. The first-order valence-electron chi connectivity index (χ1n) is 5.90. The maximum atomic E-state index is 13.0. The molecule has 0 radical (unpaired) electrons. The van der Waals surface area contributed by atoms with Gasteiger partial charge in [0.25, 0.3) is 0 Å². The Morgan fingerprint density at radius 3 is 2.47 bits per heavy atom. The third-order valence-corrected chi connectivity index (χ3v) is 3.38. The second-order valence-electron chi connectivity index (χ2n) is 4.64. The third kappa shape index (κ3) is 2.14. The van der Waals surface area contributed by atoms with E-state index in [1.54, 1.807) is 0 Å². The fourth-order valence-electron chi connectivity index (χ4n) is 2.59. The second-order valence-corrected chi connectivity index (χ2v) is 4.64. The molecule has 2 heterocycles. The third-order valence-electron chi connectivity index (χ3n) is 3.38. The molecule has 5 nitrogen and oxygen atoms in total. The molecule has 0 unspecified atom stereocenters. The van der Waals surface area contributed by atoms with E-state index in [1.807, 2.05) is 0 Å². The fraction of sp³-hybridized carbons (Fsp3) is 0.636. The Labute approximate surface area is 106 Å². The van der Waals surface area contributed by atoms with E-state index in [1.165, 1.54) is 0 Å². The van der Waals surface area contributed by atoms with Crippen LogP contribution in [0.2, 0.25) is 0 Å². The molecule has 1 aromatic rings. The summed E-state index contributed by atoms with van der Waals surface area (Å²) in [6.45, 7) is 0.791. The van der Waals surface area contributed by atoms with Gasteiger partial charge in [-0.3, -0.25) is 0 Å². The molecule has 1 aromatic heterocycles. The number of aromatic nitrogens is 2. The largest absolute Gasteiger partial charge is 0.433 e. The van der Waals surface area contributed by atoms with Crippen LogP contribution in [0.25, 0.3) is 0 Å². The zero-order chi connectivity index (χ0) is 13.7. The van der Waals surface area contributed by atoms with E-state index < -0.39 is 17.7 Å². The summed E-state index contributed by atoms with van der Waals surface area (Å²) >= 11 is 0. The summed E-state index contributed by atoms with van der Waals surface area (Å²) in [4.78, 5) is 7.24. The van der Waals surface area contributed by atoms with E-state index >= 15 is 0 Å². The highest BCUT2D eigenvalue weighted by molar-refractivity contribution is 5.36. The normalized spacial score (nSPS) is 21.6. The Morgan fingerprint density at radius 2 is 1.84 bits per heavy atom. The van der Waals surface area contributed by atoms with Gasteiger partial charge in [-0.2, -0.15) is 13.2 Å². The maximum absolute atomic E-state index is 13.0. The molecule has 1 aliphatic heterocycles. The molecule has 1 aliphatic carbocycles. The SMILES string of the molecule is Nc1nc2c(c(C(F)(F)F)n1)CC1(CC2)OCCO1. The van der Waals surface area contributed by atoms with E-state index in [0.29, 0.717) is 31.7 Å². The molecule has 0 saturated carbocycles. The summed E-state index contributed by atoms with van der Waals surface area (Å²) < 4.78 is 49.9. The van der Waals surface area contributed by atoms with Crippen molar-refractivity contribution in [3.63, 3.8) is 0 Å². The summed E-state index contributed by atoms with van der Waals surface area (Å²) in [6.07, 6.45) is -3.73. The van der Waals surface area contributed by atoms with Crippen molar-refractivity contribution >= 4 is 5.95 Å². The van der Waals surface area contributed by atoms with Gasteiger partial charge in [0.1, 0.15) is 0 Å². The number of fused-ring (bicyclic) bond motifs is 1. The molecule has 2 N–H and O–H groups in total. The highest BCUT2D eigenvalue weighted by Crippen LogP contribution is 2.40. The van der Waals surface area contributed by atoms with E-state index in [9.17, 15) is 13.2 Å². The first-order valence-corrected chi connectivity index (χ1v) is 5.90. The number of nitrogen functional groups attached to an aromatic ring is 1. The number of anilines is 1. The van der Waals surface area contributed by atoms with Gasteiger partial charge in [-0.25, -0.2) is 9.97 Å². The molecular formula is C11H12F3N3O2. The van der Waals surface area contributed by atoms with Crippen LogP contribution in [-0.4, -0.2) is 29.0 Å². The van der Waals surface area contributed by atoms with Gasteiger partial charge in [-0.1, -0.05) is 0 Å². The van der Waals surface area contributed by atoms with E-state index in [4.69, 9.17) is 15.2 Å². The topological polar surface area (TPSA) is 70.3 Å². The second kappa shape index (κ2) is 4.04. The number of nitrogens with zero attached hydrogens (tertiary/aromatic N) is 2. The lowest BCUT2D eigenvalue weighted by Crippen LogP contribution is -2.39. The smallest absolute Gasteiger partial charge is 0.368 e. The number of nitrogens with two attached hydrogens (primary N) is 1. The van der Waals surface area contributed by atoms with Crippen LogP contribution in [0.3, 0.4) is 0 Å². The zero-order valence-electron chi connectivity index (χ0n) is 9.96. The standard InChI is InChI=1S/C11H12F3N3O2/c12-11(13,14)8-6-5-10(18-3-4-19-10)2-1-7(6)16-9(15)17-8/h1-5H2,(H2,15,16,17). The number of ether oxygens (including phenoxy) is 2. The summed E-state index contributed by atoms with van der Waals surface area (Å²) in [5, 5.41) is 0. The van der Waals surface area contributed by atoms with Gasteiger partial charge in [-0.05, 0) is 6.42 Å². The van der Waals surface area contributed by atoms with Crippen LogP contribution in [0.1, 0.15) is 23.4 Å². The van der Waals surface area contributed by atoms with Crippen LogP contribution in [0, 0.1) is 0 Å². The van der Waals surface area contributed by atoms with Crippen molar-refractivity contribution in [2.45, 2.75) is 31.2 Å². The van der Waals surface area contributed by atoms with Crippen molar-refractivity contribution in [2.75, 3.05) is 18.9 Å². The minimum atomic E-state index is -4.56. The predicted octanol–water partition coefficient (Wildman–Crippen LogP) is 1.31. The highest BCUT2D eigenvalue weighted by atomic mass is 19.4. The molecule has 0 aromatic carbocycles. The Morgan fingerprint density at radius 1 is 1.16 bits per heavy atom. The molecule has 3 rings (SSSR count). The average Bonchev–Trinajstić information content (AvgIpc) is 2.76. The summed E-state index contributed by atoms with van der Waals surface area (Å²) in [7, 11) is 0. The summed E-state index contributed by atoms with van der Waals surface area (Å²) in [5.41, 5.74) is 4.74. The average molecular weight is 275 g/mol. The highest BCUT2D eigenvalue weighted by Gasteiger charge is 2.45. The minimum absolute atomic E-state index is 0.0114. The van der Waals surface area contributed by atoms with Gasteiger partial charge < -0.3 is 15.2 Å². The van der Waals surface area contributed by atoms with Crippen LogP contribution in [0.4, 0.5) is 19.1 Å². The lowest BCUT2D eigenvalue weighted by atomic mass is 9.89. The van der Waals surface area contributed by atoms with Crippen molar-refractivity contribution in [3.05, 3.63) is 17.0 Å². The first kappa shape index (κ1) is 12.6. The van der Waals surface area contributed by atoms with Crippen molar-refractivity contribution in [3.8, 4) is 0 Å². The Hall–Kier alpha value is -1.41. The monoisotopic (exact) mass is 275 g/mol. The van der Waals surface area contributed by atoms with Gasteiger partial charge in [0.15, 0.2) is 11.5 Å². The van der Waals surface area contributed by atoms with Crippen molar-refractivity contribution < 1.29 is 22.6 Å². The van der Waals surface area contributed by atoms with Crippen molar-refractivity contribution in [1.29, 1.82) is 0 Å². The molecule has 19 heavy (non-hydrogen) atoms. The quantitative estimate of drug-likeness (QED) is 0.773. The maximum Gasteiger partial charge on any atom is 0.433 e. The van der Waals surface area contributed by atoms with Crippen LogP contribution in [-0.2, 0) is 28.5 Å². The van der Waals surface area contributed by atoms with E-state index in [2.05, 4.69) is 9.97 Å². The molecule has 1 fully saturated rings. The molecule has 0 bridgehead atoms. The number of aryl methyl sites for hydroxylation is 1. The lowest BCUT2D eigenvalue weighted by Gasteiger charge is -2.33. The number of hydrogen-bond acceptors (Lipinski definition) is 5. The fourth-order valence-corrected chi connectivity index (χ4v) is 2.59. The van der Waals surface area contributed by atoms with Crippen LogP contribution in [0.15, 0.2) is 0 Å². The van der Waals surface area contributed by atoms with Gasteiger partial charge in [0, 0.05) is 18.4 Å². The summed E-state index contributed by atoms with van der Waals surface area (Å²) in [6, 6.07) is 0. The first-order chi connectivity index (χ1) is 8.90. The number of halogens is 3. The summed E-state index contributed by atoms with van der Waals surface area (Å²) in [5.74, 6) is -1.30. The van der Waals surface area contributed by atoms with Gasteiger partial charge in [-0.15, -0.1) is 0 Å². The van der Waals surface area contributed by atoms with Gasteiger partial charge in [0.05, 0.1) is 18.9 Å². The number of hydrogen-bond donors (Lipinski definition) is 1. The van der Waals surface area contributed by atoms with Crippen LogP contribution < -0.4 is 5.73 Å². The Kier molecular flexibility index (Phi) is 2.68. The molecule has 0 amide bonds. The predicted molar refractivity (Wildman–Crippen MR) is 58.1 cm³/mol. The minimum Gasteiger partial charge on any atom is -0.368 e. The number of rotatable bonds is 0. The molecule has 1 spiro atoms.